The van der Waals surface area contributed by atoms with E-state index in [0.29, 0.717) is 12.2 Å². The summed E-state index contributed by atoms with van der Waals surface area (Å²) in [6.45, 7) is 4.49. The van der Waals surface area contributed by atoms with Crippen molar-refractivity contribution in [3.63, 3.8) is 0 Å². The number of amides is 1. The van der Waals surface area contributed by atoms with Gasteiger partial charge in [0, 0.05) is 25.2 Å². The minimum Gasteiger partial charge on any atom is -0.481 e. The van der Waals surface area contributed by atoms with Crippen molar-refractivity contribution in [1.82, 2.24) is 9.88 Å². The maximum absolute atomic E-state index is 12.7. The summed E-state index contributed by atoms with van der Waals surface area (Å²) in [4.78, 5) is 30.1. The van der Waals surface area contributed by atoms with Crippen LogP contribution in [-0.4, -0.2) is 40.0 Å². The smallest absolute Gasteiger partial charge is 0.308 e. The molecule has 1 N–H and O–H groups in total. The summed E-state index contributed by atoms with van der Waals surface area (Å²) in [6, 6.07) is 11.3. The van der Waals surface area contributed by atoms with Crippen LogP contribution in [0.4, 0.5) is 0 Å². The molecule has 0 saturated carbocycles. The lowest BCUT2D eigenvalue weighted by Gasteiger charge is -2.17. The van der Waals surface area contributed by atoms with E-state index in [4.69, 9.17) is 0 Å². The van der Waals surface area contributed by atoms with Crippen LogP contribution >= 0.6 is 0 Å². The number of benzene rings is 1. The predicted octanol–water partition coefficient (Wildman–Crippen LogP) is 2.64. The maximum atomic E-state index is 12.7. The van der Waals surface area contributed by atoms with Gasteiger partial charge in [-0.3, -0.25) is 14.6 Å². The van der Waals surface area contributed by atoms with Gasteiger partial charge < -0.3 is 10.0 Å². The number of likely N-dealkylation sites (tertiary alicyclic amines) is 1. The van der Waals surface area contributed by atoms with Gasteiger partial charge in [-0.15, -0.1) is 0 Å². The molecule has 1 aromatic carbocycles. The molecule has 0 spiro atoms. The first-order chi connectivity index (χ1) is 11.5. The third kappa shape index (κ3) is 3.02. The van der Waals surface area contributed by atoms with Crippen LogP contribution < -0.4 is 0 Å². The highest BCUT2D eigenvalue weighted by Gasteiger charge is 2.41. The van der Waals surface area contributed by atoms with Crippen LogP contribution in [-0.2, 0) is 4.79 Å². The second kappa shape index (κ2) is 6.43. The summed E-state index contributed by atoms with van der Waals surface area (Å²) < 4.78 is 0. The Bertz CT molecular complexity index is 770. The number of carboxylic acid groups (broad SMARTS) is 1. The second-order valence-electron chi connectivity index (χ2n) is 6.34. The van der Waals surface area contributed by atoms with E-state index >= 15 is 0 Å². The van der Waals surface area contributed by atoms with Crippen LogP contribution in [0.15, 0.2) is 42.6 Å². The fourth-order valence-corrected chi connectivity index (χ4v) is 3.29. The van der Waals surface area contributed by atoms with Gasteiger partial charge in [0.15, 0.2) is 0 Å². The van der Waals surface area contributed by atoms with Crippen molar-refractivity contribution in [3.05, 3.63) is 65.0 Å². The summed E-state index contributed by atoms with van der Waals surface area (Å²) in [5.74, 6) is -1.87. The maximum Gasteiger partial charge on any atom is 0.308 e. The minimum absolute atomic E-state index is 0.196. The van der Waals surface area contributed by atoms with E-state index in [1.54, 1.807) is 17.2 Å². The predicted molar refractivity (Wildman–Crippen MR) is 89.9 cm³/mol. The number of hydrogen-bond acceptors (Lipinski definition) is 3. The first-order valence-electron chi connectivity index (χ1n) is 7.97. The Balaban J connectivity index is 1.88. The SMILES string of the molecule is Cc1ccc(C(=O)N2C[C@H](C(=O)O)[C@@H](c3ccccc3C)C2)nc1. The summed E-state index contributed by atoms with van der Waals surface area (Å²) in [5, 5.41) is 9.59. The van der Waals surface area contributed by atoms with Crippen molar-refractivity contribution in [1.29, 1.82) is 0 Å². The summed E-state index contributed by atoms with van der Waals surface area (Å²) in [7, 11) is 0. The lowest BCUT2D eigenvalue weighted by molar-refractivity contribution is -0.141. The lowest BCUT2D eigenvalue weighted by atomic mass is 9.86. The lowest BCUT2D eigenvalue weighted by Crippen LogP contribution is -2.30. The standard InChI is InChI=1S/C19H20N2O3/c1-12-7-8-17(20-9-12)18(22)21-10-15(16(11-21)19(23)24)14-6-4-3-5-13(14)2/h3-9,15-16H,10-11H2,1-2H3,(H,23,24)/t15-,16+/m1/s1. The molecule has 1 saturated heterocycles. The Kier molecular flexibility index (Phi) is 4.34. The molecule has 3 rings (SSSR count). The van der Waals surface area contributed by atoms with Gasteiger partial charge in [0.2, 0.25) is 0 Å². The number of carbonyl (C=O) groups is 2. The average molecular weight is 324 g/mol. The third-order valence-electron chi connectivity index (χ3n) is 4.64. The van der Waals surface area contributed by atoms with E-state index in [9.17, 15) is 14.7 Å². The second-order valence-corrected chi connectivity index (χ2v) is 6.34. The first-order valence-corrected chi connectivity index (χ1v) is 7.97. The van der Waals surface area contributed by atoms with Gasteiger partial charge in [-0.2, -0.15) is 0 Å². The third-order valence-corrected chi connectivity index (χ3v) is 4.64. The van der Waals surface area contributed by atoms with E-state index in [0.717, 1.165) is 16.7 Å². The number of aliphatic carboxylic acids is 1. The molecule has 0 radical (unpaired) electrons. The number of rotatable bonds is 3. The van der Waals surface area contributed by atoms with Gasteiger partial charge in [0.1, 0.15) is 5.69 Å². The normalized spacial score (nSPS) is 20.2. The van der Waals surface area contributed by atoms with E-state index < -0.39 is 11.9 Å². The number of pyridine rings is 1. The molecule has 1 fully saturated rings. The molecule has 0 bridgehead atoms. The molecule has 5 heteroatoms. The minimum atomic E-state index is -0.865. The highest BCUT2D eigenvalue weighted by molar-refractivity contribution is 5.93. The van der Waals surface area contributed by atoms with Crippen LogP contribution in [0.3, 0.4) is 0 Å². The van der Waals surface area contributed by atoms with Gasteiger partial charge in [0.25, 0.3) is 5.91 Å². The quantitative estimate of drug-likeness (QED) is 0.942. The molecular weight excluding hydrogens is 304 g/mol. The summed E-state index contributed by atoms with van der Waals surface area (Å²) >= 11 is 0. The number of nitrogens with zero attached hydrogens (tertiary/aromatic N) is 2. The zero-order valence-electron chi connectivity index (χ0n) is 13.8. The zero-order chi connectivity index (χ0) is 17.3. The van der Waals surface area contributed by atoms with E-state index in [1.807, 2.05) is 44.2 Å². The topological polar surface area (TPSA) is 70.5 Å². The summed E-state index contributed by atoms with van der Waals surface area (Å²) in [6.07, 6.45) is 1.65. The molecule has 124 valence electrons. The van der Waals surface area contributed by atoms with E-state index in [2.05, 4.69) is 4.98 Å². The molecule has 0 aliphatic carbocycles. The van der Waals surface area contributed by atoms with Crippen LogP contribution in [0, 0.1) is 19.8 Å². The Morgan fingerprint density at radius 2 is 1.88 bits per heavy atom. The molecular formula is C19H20N2O3. The van der Waals surface area contributed by atoms with Crippen LogP contribution in [0.25, 0.3) is 0 Å². The fourth-order valence-electron chi connectivity index (χ4n) is 3.29. The van der Waals surface area contributed by atoms with Crippen molar-refractivity contribution >= 4 is 11.9 Å². The number of carboxylic acids is 1. The molecule has 1 aliphatic heterocycles. The van der Waals surface area contributed by atoms with Crippen LogP contribution in [0.2, 0.25) is 0 Å². The molecule has 1 aromatic heterocycles. The van der Waals surface area contributed by atoms with Crippen molar-refractivity contribution < 1.29 is 14.7 Å². The Morgan fingerprint density at radius 1 is 1.12 bits per heavy atom. The highest BCUT2D eigenvalue weighted by atomic mass is 16.4. The first kappa shape index (κ1) is 16.2. The monoisotopic (exact) mass is 324 g/mol. The Hall–Kier alpha value is -2.69. The molecule has 2 atom stereocenters. The van der Waals surface area contributed by atoms with Crippen LogP contribution in [0.5, 0.6) is 0 Å². The molecule has 2 aromatic rings. The number of hydrogen-bond donors (Lipinski definition) is 1. The fraction of sp³-hybridized carbons (Fsp3) is 0.316. The highest BCUT2D eigenvalue weighted by Crippen LogP contribution is 2.35. The van der Waals surface area contributed by atoms with Crippen molar-refractivity contribution in [2.75, 3.05) is 13.1 Å². The van der Waals surface area contributed by atoms with Crippen molar-refractivity contribution in [3.8, 4) is 0 Å². The van der Waals surface area contributed by atoms with E-state index in [-0.39, 0.29) is 18.4 Å². The van der Waals surface area contributed by atoms with E-state index in [1.165, 1.54) is 0 Å². The average Bonchev–Trinajstić information content (AvgIpc) is 3.00. The number of aromatic nitrogens is 1. The largest absolute Gasteiger partial charge is 0.481 e. The van der Waals surface area contributed by atoms with Gasteiger partial charge in [-0.05, 0) is 36.6 Å². The Labute approximate surface area is 140 Å². The van der Waals surface area contributed by atoms with Gasteiger partial charge in [-0.25, -0.2) is 0 Å². The molecule has 0 unspecified atom stereocenters. The van der Waals surface area contributed by atoms with Crippen LogP contribution in [0.1, 0.15) is 33.1 Å². The van der Waals surface area contributed by atoms with Crippen molar-refractivity contribution in [2.24, 2.45) is 5.92 Å². The summed E-state index contributed by atoms with van der Waals surface area (Å²) in [5.41, 5.74) is 3.39. The van der Waals surface area contributed by atoms with Gasteiger partial charge in [-0.1, -0.05) is 30.3 Å². The number of carbonyl (C=O) groups excluding carboxylic acids is 1. The van der Waals surface area contributed by atoms with Crippen molar-refractivity contribution in [2.45, 2.75) is 19.8 Å². The number of aryl methyl sites for hydroxylation is 2. The molecule has 2 heterocycles. The molecule has 1 aliphatic rings. The van der Waals surface area contributed by atoms with Gasteiger partial charge in [0.05, 0.1) is 5.92 Å². The Morgan fingerprint density at radius 3 is 2.50 bits per heavy atom. The molecule has 5 nitrogen and oxygen atoms in total. The molecule has 24 heavy (non-hydrogen) atoms. The van der Waals surface area contributed by atoms with Gasteiger partial charge >= 0.3 is 5.97 Å². The molecule has 1 amide bonds. The zero-order valence-corrected chi connectivity index (χ0v) is 13.8.